The van der Waals surface area contributed by atoms with Gasteiger partial charge in [-0.2, -0.15) is 10.4 Å². The lowest BCUT2D eigenvalue weighted by Gasteiger charge is -2.14. The third-order valence-corrected chi connectivity index (χ3v) is 3.17. The third kappa shape index (κ3) is 1.69. The van der Waals surface area contributed by atoms with Crippen LogP contribution in [-0.4, -0.2) is 16.4 Å². The SMILES string of the molecule is Cc1cccc(-n2nc(C#N)c3c2CCOC3)c1. The first-order valence-corrected chi connectivity index (χ1v) is 5.95. The van der Waals surface area contributed by atoms with Gasteiger partial charge in [0.05, 0.1) is 24.6 Å². The molecule has 18 heavy (non-hydrogen) atoms. The predicted octanol–water partition coefficient (Wildman–Crippen LogP) is 2.13. The van der Waals surface area contributed by atoms with E-state index >= 15 is 0 Å². The average Bonchev–Trinajstić information content (AvgIpc) is 2.77. The fourth-order valence-electron chi connectivity index (χ4n) is 2.30. The van der Waals surface area contributed by atoms with Crippen LogP contribution in [0.5, 0.6) is 0 Å². The lowest BCUT2D eigenvalue weighted by molar-refractivity contribution is 0.109. The maximum atomic E-state index is 9.13. The van der Waals surface area contributed by atoms with E-state index in [1.807, 2.05) is 29.8 Å². The molecule has 4 nitrogen and oxygen atoms in total. The normalized spacial score (nSPS) is 14.0. The van der Waals surface area contributed by atoms with Crippen molar-refractivity contribution in [3.63, 3.8) is 0 Å². The van der Waals surface area contributed by atoms with Gasteiger partial charge >= 0.3 is 0 Å². The van der Waals surface area contributed by atoms with Crippen molar-refractivity contribution in [1.29, 1.82) is 5.26 Å². The van der Waals surface area contributed by atoms with E-state index in [9.17, 15) is 0 Å². The molecule has 0 unspecified atom stereocenters. The van der Waals surface area contributed by atoms with Gasteiger partial charge in [0.2, 0.25) is 0 Å². The highest BCUT2D eigenvalue weighted by Crippen LogP contribution is 2.23. The van der Waals surface area contributed by atoms with Crippen molar-refractivity contribution in [3.8, 4) is 11.8 Å². The monoisotopic (exact) mass is 239 g/mol. The number of nitriles is 1. The summed E-state index contributed by atoms with van der Waals surface area (Å²) in [6.45, 7) is 3.23. The quantitative estimate of drug-likeness (QED) is 0.766. The molecule has 0 bridgehead atoms. The minimum Gasteiger partial charge on any atom is -0.376 e. The van der Waals surface area contributed by atoms with Crippen molar-refractivity contribution in [2.24, 2.45) is 0 Å². The second-order valence-electron chi connectivity index (χ2n) is 4.44. The van der Waals surface area contributed by atoms with E-state index in [-0.39, 0.29) is 0 Å². The highest BCUT2D eigenvalue weighted by molar-refractivity contribution is 5.43. The fourth-order valence-corrected chi connectivity index (χ4v) is 2.30. The minimum atomic E-state index is 0.478. The molecule has 0 fully saturated rings. The largest absolute Gasteiger partial charge is 0.376 e. The molecule has 1 aliphatic heterocycles. The van der Waals surface area contributed by atoms with Gasteiger partial charge in [-0.3, -0.25) is 0 Å². The van der Waals surface area contributed by atoms with Crippen molar-refractivity contribution in [2.75, 3.05) is 6.61 Å². The Morgan fingerprint density at radius 1 is 1.44 bits per heavy atom. The summed E-state index contributed by atoms with van der Waals surface area (Å²) in [5, 5.41) is 13.5. The van der Waals surface area contributed by atoms with E-state index in [1.165, 1.54) is 5.56 Å². The molecule has 0 saturated heterocycles. The number of hydrogen-bond acceptors (Lipinski definition) is 3. The van der Waals surface area contributed by atoms with Crippen LogP contribution in [0.4, 0.5) is 0 Å². The lowest BCUT2D eigenvalue weighted by atomic mass is 10.1. The molecule has 1 aromatic carbocycles. The van der Waals surface area contributed by atoms with Crippen LogP contribution in [0, 0.1) is 18.3 Å². The van der Waals surface area contributed by atoms with Gasteiger partial charge in [-0.1, -0.05) is 12.1 Å². The maximum absolute atomic E-state index is 9.13. The second kappa shape index (κ2) is 4.28. The van der Waals surface area contributed by atoms with Crippen LogP contribution in [0.15, 0.2) is 24.3 Å². The Hall–Kier alpha value is -2.12. The van der Waals surface area contributed by atoms with Gasteiger partial charge in [0.25, 0.3) is 0 Å². The van der Waals surface area contributed by atoms with E-state index in [4.69, 9.17) is 10.00 Å². The number of aryl methyl sites for hydroxylation is 1. The van der Waals surface area contributed by atoms with E-state index < -0.39 is 0 Å². The summed E-state index contributed by atoms with van der Waals surface area (Å²) in [4.78, 5) is 0. The molecule has 1 aliphatic rings. The topological polar surface area (TPSA) is 50.8 Å². The van der Waals surface area contributed by atoms with Crippen LogP contribution in [-0.2, 0) is 17.8 Å². The summed E-state index contributed by atoms with van der Waals surface area (Å²) >= 11 is 0. The summed E-state index contributed by atoms with van der Waals surface area (Å²) in [7, 11) is 0. The van der Waals surface area contributed by atoms with Crippen LogP contribution >= 0.6 is 0 Å². The maximum Gasteiger partial charge on any atom is 0.168 e. The summed E-state index contributed by atoms with van der Waals surface area (Å²) in [5.74, 6) is 0. The first-order valence-electron chi connectivity index (χ1n) is 5.95. The van der Waals surface area contributed by atoms with E-state index in [1.54, 1.807) is 0 Å². The highest BCUT2D eigenvalue weighted by Gasteiger charge is 2.21. The van der Waals surface area contributed by atoms with Crippen molar-refractivity contribution < 1.29 is 4.74 Å². The molecular formula is C14H13N3O. The molecule has 0 aliphatic carbocycles. The predicted molar refractivity (Wildman–Crippen MR) is 66.4 cm³/mol. The van der Waals surface area contributed by atoms with Crippen LogP contribution in [0.2, 0.25) is 0 Å². The van der Waals surface area contributed by atoms with Gasteiger partial charge < -0.3 is 4.74 Å². The van der Waals surface area contributed by atoms with Crippen molar-refractivity contribution >= 4 is 0 Å². The first-order chi connectivity index (χ1) is 8.79. The van der Waals surface area contributed by atoms with Gasteiger partial charge in [-0.05, 0) is 24.6 Å². The Morgan fingerprint density at radius 2 is 2.33 bits per heavy atom. The molecule has 0 N–H and O–H groups in total. The molecular weight excluding hydrogens is 226 g/mol. The number of aromatic nitrogens is 2. The van der Waals surface area contributed by atoms with E-state index in [0.29, 0.717) is 18.9 Å². The van der Waals surface area contributed by atoms with Crippen LogP contribution in [0.1, 0.15) is 22.5 Å². The first kappa shape index (κ1) is 11.0. The number of nitrogens with zero attached hydrogens (tertiary/aromatic N) is 3. The number of rotatable bonds is 1. The summed E-state index contributed by atoms with van der Waals surface area (Å²) < 4.78 is 7.29. The van der Waals surface area contributed by atoms with Gasteiger partial charge in [0.15, 0.2) is 5.69 Å². The summed E-state index contributed by atoms with van der Waals surface area (Å²) in [6.07, 6.45) is 0.804. The van der Waals surface area contributed by atoms with Crippen LogP contribution in [0.3, 0.4) is 0 Å². The number of hydrogen-bond donors (Lipinski definition) is 0. The Bertz CT molecular complexity index is 637. The molecule has 0 spiro atoms. The van der Waals surface area contributed by atoms with Crippen molar-refractivity contribution in [1.82, 2.24) is 9.78 Å². The molecule has 4 heteroatoms. The zero-order valence-corrected chi connectivity index (χ0v) is 10.2. The molecule has 0 radical (unpaired) electrons. The average molecular weight is 239 g/mol. The van der Waals surface area contributed by atoms with Gasteiger partial charge in [0, 0.05) is 12.0 Å². The molecule has 0 saturated carbocycles. The molecule has 2 heterocycles. The lowest BCUT2D eigenvalue weighted by Crippen LogP contribution is -2.13. The third-order valence-electron chi connectivity index (χ3n) is 3.17. The van der Waals surface area contributed by atoms with Gasteiger partial charge in [-0.15, -0.1) is 0 Å². The van der Waals surface area contributed by atoms with Gasteiger partial charge in [0.1, 0.15) is 6.07 Å². The zero-order valence-electron chi connectivity index (χ0n) is 10.2. The Balaban J connectivity index is 2.18. The van der Waals surface area contributed by atoms with E-state index in [0.717, 1.165) is 23.4 Å². The standard InChI is InChI=1S/C14H13N3O/c1-10-3-2-4-11(7-10)17-14-5-6-18-9-12(14)13(8-15)16-17/h2-4,7H,5-6,9H2,1H3. The minimum absolute atomic E-state index is 0.478. The zero-order chi connectivity index (χ0) is 12.5. The Kier molecular flexibility index (Phi) is 2.62. The molecule has 0 amide bonds. The van der Waals surface area contributed by atoms with Crippen molar-refractivity contribution in [3.05, 3.63) is 46.8 Å². The smallest absolute Gasteiger partial charge is 0.168 e. The number of ether oxygens (including phenoxy) is 1. The fraction of sp³-hybridized carbons (Fsp3) is 0.286. The molecule has 2 aromatic rings. The molecule has 0 atom stereocenters. The Morgan fingerprint density at radius 3 is 3.11 bits per heavy atom. The van der Waals surface area contributed by atoms with E-state index in [2.05, 4.69) is 17.2 Å². The molecule has 90 valence electrons. The van der Waals surface area contributed by atoms with Gasteiger partial charge in [-0.25, -0.2) is 4.68 Å². The second-order valence-corrected chi connectivity index (χ2v) is 4.44. The van der Waals surface area contributed by atoms with Crippen LogP contribution in [0.25, 0.3) is 5.69 Å². The summed E-state index contributed by atoms with van der Waals surface area (Å²) in [5.41, 5.74) is 4.71. The number of fused-ring (bicyclic) bond motifs is 1. The highest BCUT2D eigenvalue weighted by atomic mass is 16.5. The molecule has 1 aromatic heterocycles. The number of benzene rings is 1. The van der Waals surface area contributed by atoms with Crippen LogP contribution < -0.4 is 0 Å². The van der Waals surface area contributed by atoms with Crippen molar-refractivity contribution in [2.45, 2.75) is 20.0 Å². The summed E-state index contributed by atoms with van der Waals surface area (Å²) in [6, 6.07) is 10.3. The molecule has 3 rings (SSSR count). The Labute approximate surface area is 105 Å².